The van der Waals surface area contributed by atoms with Gasteiger partial charge in [0.1, 0.15) is 17.6 Å². The molecule has 0 aliphatic rings. The first-order valence-corrected chi connectivity index (χ1v) is 10.8. The number of H-pyrrole nitrogens is 1. The summed E-state index contributed by atoms with van der Waals surface area (Å²) in [6.45, 7) is 1.90. The first-order chi connectivity index (χ1) is 16.3. The van der Waals surface area contributed by atoms with Crippen LogP contribution in [0.4, 0.5) is 15.9 Å². The minimum Gasteiger partial charge on any atom is -0.508 e. The second kappa shape index (κ2) is 9.37. The van der Waals surface area contributed by atoms with E-state index >= 15 is 0 Å². The number of aromatic nitrogens is 3. The van der Waals surface area contributed by atoms with Gasteiger partial charge in [-0.05, 0) is 56.9 Å². The van der Waals surface area contributed by atoms with Crippen LogP contribution in [-0.2, 0) is 0 Å². The maximum Gasteiger partial charge on any atom is 0.158 e. The standard InChI is InChI=1S/C25H26FN7O/c1-32(2)11-4-12-33(3)16-7-5-15(6-8-16)21-19(14-27)23(18-10-9-17(34)13-20(18)26)29-25-22(21)24(28)30-31-25/h5-10,13,34H,4,11-12H2,1-3H3,(H3,28,29,30,31). The Morgan fingerprint density at radius 2 is 1.85 bits per heavy atom. The van der Waals surface area contributed by atoms with Gasteiger partial charge in [0, 0.05) is 36.5 Å². The number of nitriles is 1. The summed E-state index contributed by atoms with van der Waals surface area (Å²) < 4.78 is 14.7. The Hall–Kier alpha value is -4.16. The number of nitrogens with one attached hydrogen (secondary N) is 1. The van der Waals surface area contributed by atoms with E-state index in [1.165, 1.54) is 12.1 Å². The minimum atomic E-state index is -0.684. The van der Waals surface area contributed by atoms with E-state index in [4.69, 9.17) is 5.73 Å². The van der Waals surface area contributed by atoms with Crippen molar-refractivity contribution in [2.45, 2.75) is 6.42 Å². The van der Waals surface area contributed by atoms with Gasteiger partial charge in [-0.2, -0.15) is 10.4 Å². The fraction of sp³-hybridized carbons (Fsp3) is 0.240. The molecule has 8 nitrogen and oxygen atoms in total. The van der Waals surface area contributed by atoms with Crippen LogP contribution >= 0.6 is 0 Å². The lowest BCUT2D eigenvalue weighted by Crippen LogP contribution is -2.23. The van der Waals surface area contributed by atoms with Crippen LogP contribution in [0.1, 0.15) is 12.0 Å². The molecule has 174 valence electrons. The Morgan fingerprint density at radius 1 is 1.12 bits per heavy atom. The zero-order valence-corrected chi connectivity index (χ0v) is 19.3. The van der Waals surface area contributed by atoms with Crippen LogP contribution in [0.5, 0.6) is 5.75 Å². The number of nitrogens with two attached hydrogens (primary N) is 1. The van der Waals surface area contributed by atoms with Crippen molar-refractivity contribution in [3.8, 4) is 34.2 Å². The molecule has 0 saturated carbocycles. The lowest BCUT2D eigenvalue weighted by Gasteiger charge is -2.21. The number of aromatic amines is 1. The second-order valence-corrected chi connectivity index (χ2v) is 8.44. The van der Waals surface area contributed by atoms with E-state index in [1.54, 1.807) is 0 Å². The summed E-state index contributed by atoms with van der Waals surface area (Å²) in [6, 6.07) is 13.7. The Balaban J connectivity index is 1.82. The average molecular weight is 460 g/mol. The van der Waals surface area contributed by atoms with Gasteiger partial charge in [0.05, 0.1) is 16.6 Å². The van der Waals surface area contributed by atoms with Gasteiger partial charge in [0.15, 0.2) is 11.5 Å². The molecule has 0 amide bonds. The summed E-state index contributed by atoms with van der Waals surface area (Å²) in [5.74, 6) is -0.690. The van der Waals surface area contributed by atoms with Crippen molar-refractivity contribution in [1.29, 1.82) is 5.26 Å². The highest BCUT2D eigenvalue weighted by Crippen LogP contribution is 2.39. The van der Waals surface area contributed by atoms with E-state index in [9.17, 15) is 14.8 Å². The van der Waals surface area contributed by atoms with Crippen molar-refractivity contribution in [2.75, 3.05) is 44.9 Å². The number of hydrogen-bond acceptors (Lipinski definition) is 7. The summed E-state index contributed by atoms with van der Waals surface area (Å²) in [7, 11) is 6.14. The molecular weight excluding hydrogens is 433 g/mol. The quantitative estimate of drug-likeness (QED) is 0.383. The van der Waals surface area contributed by atoms with Crippen LogP contribution in [-0.4, -0.2) is 59.4 Å². The number of nitrogen functional groups attached to an aromatic ring is 1. The van der Waals surface area contributed by atoms with Crippen molar-refractivity contribution in [1.82, 2.24) is 20.1 Å². The topological polar surface area (TPSA) is 118 Å². The molecule has 2 aromatic heterocycles. The molecule has 9 heteroatoms. The Labute approximate surface area is 197 Å². The van der Waals surface area contributed by atoms with E-state index in [0.29, 0.717) is 16.6 Å². The van der Waals surface area contributed by atoms with E-state index in [-0.39, 0.29) is 28.4 Å². The van der Waals surface area contributed by atoms with Gasteiger partial charge in [-0.1, -0.05) is 12.1 Å². The molecule has 2 aromatic carbocycles. The molecule has 4 rings (SSSR count). The molecule has 0 fully saturated rings. The number of rotatable bonds is 7. The molecule has 0 bridgehead atoms. The van der Waals surface area contributed by atoms with Crippen molar-refractivity contribution in [2.24, 2.45) is 0 Å². The lowest BCUT2D eigenvalue weighted by molar-refractivity contribution is 0.401. The number of halogens is 1. The lowest BCUT2D eigenvalue weighted by atomic mass is 9.93. The molecule has 0 saturated heterocycles. The van der Waals surface area contributed by atoms with Crippen LogP contribution in [0.3, 0.4) is 0 Å². The predicted octanol–water partition coefficient (Wildman–Crippen LogP) is 3.98. The van der Waals surface area contributed by atoms with Crippen molar-refractivity contribution < 1.29 is 9.50 Å². The summed E-state index contributed by atoms with van der Waals surface area (Å²) >= 11 is 0. The van der Waals surface area contributed by atoms with E-state index in [1.807, 2.05) is 31.3 Å². The molecule has 0 atom stereocenters. The molecule has 0 aliphatic heterocycles. The molecule has 0 radical (unpaired) electrons. The smallest absolute Gasteiger partial charge is 0.158 e. The van der Waals surface area contributed by atoms with Crippen molar-refractivity contribution >= 4 is 22.5 Å². The third-order valence-electron chi connectivity index (χ3n) is 5.75. The monoisotopic (exact) mass is 459 g/mol. The molecule has 0 spiro atoms. The molecule has 4 aromatic rings. The van der Waals surface area contributed by atoms with Gasteiger partial charge in [0.2, 0.25) is 0 Å². The number of anilines is 2. The SMILES string of the molecule is CN(C)CCCN(C)c1ccc(-c2c(C#N)c(-c3ccc(O)cc3F)nc3[nH]nc(N)c23)cc1. The molecule has 0 aliphatic carbocycles. The summed E-state index contributed by atoms with van der Waals surface area (Å²) in [5.41, 5.74) is 9.20. The molecular formula is C25H26FN7O. The van der Waals surface area contributed by atoms with Gasteiger partial charge in [-0.3, -0.25) is 5.10 Å². The summed E-state index contributed by atoms with van der Waals surface area (Å²) in [6.07, 6.45) is 1.03. The van der Waals surface area contributed by atoms with Crippen LogP contribution in [0.25, 0.3) is 33.4 Å². The highest BCUT2D eigenvalue weighted by Gasteiger charge is 2.23. The van der Waals surface area contributed by atoms with E-state index < -0.39 is 5.82 Å². The van der Waals surface area contributed by atoms with Crippen molar-refractivity contribution in [3.63, 3.8) is 0 Å². The largest absolute Gasteiger partial charge is 0.508 e. The molecule has 4 N–H and O–H groups in total. The highest BCUT2D eigenvalue weighted by molar-refractivity contribution is 6.04. The fourth-order valence-electron chi connectivity index (χ4n) is 4.01. The van der Waals surface area contributed by atoms with E-state index in [0.717, 1.165) is 36.8 Å². The third-order valence-corrected chi connectivity index (χ3v) is 5.75. The maximum atomic E-state index is 14.7. The van der Waals surface area contributed by atoms with E-state index in [2.05, 4.69) is 45.1 Å². The fourth-order valence-corrected chi connectivity index (χ4v) is 4.01. The normalized spacial score (nSPS) is 11.2. The Morgan fingerprint density at radius 3 is 2.50 bits per heavy atom. The van der Waals surface area contributed by atoms with Crippen LogP contribution < -0.4 is 10.6 Å². The summed E-state index contributed by atoms with van der Waals surface area (Å²) in [4.78, 5) is 8.78. The Kier molecular flexibility index (Phi) is 6.34. The summed E-state index contributed by atoms with van der Waals surface area (Å²) in [5, 5.41) is 27.0. The van der Waals surface area contributed by atoms with Gasteiger partial charge in [-0.15, -0.1) is 0 Å². The van der Waals surface area contributed by atoms with Gasteiger partial charge in [-0.25, -0.2) is 9.37 Å². The Bertz CT molecular complexity index is 1370. The number of benzene rings is 2. The number of nitrogens with zero attached hydrogens (tertiary/aromatic N) is 5. The molecule has 2 heterocycles. The number of phenolic OH excluding ortho intramolecular Hbond substituents is 1. The average Bonchev–Trinajstić information content (AvgIpc) is 3.18. The number of hydrogen-bond donors (Lipinski definition) is 3. The van der Waals surface area contributed by atoms with Crippen LogP contribution in [0.2, 0.25) is 0 Å². The number of aromatic hydroxyl groups is 1. The van der Waals surface area contributed by atoms with Crippen molar-refractivity contribution in [3.05, 3.63) is 53.8 Å². The first kappa shape index (κ1) is 23.0. The molecule has 34 heavy (non-hydrogen) atoms. The van der Waals surface area contributed by atoms with Gasteiger partial charge in [0.25, 0.3) is 0 Å². The number of fused-ring (bicyclic) bond motifs is 1. The zero-order chi connectivity index (χ0) is 24.4. The van der Waals surface area contributed by atoms with Crippen LogP contribution in [0, 0.1) is 17.1 Å². The van der Waals surface area contributed by atoms with Crippen LogP contribution in [0.15, 0.2) is 42.5 Å². The van der Waals surface area contributed by atoms with Gasteiger partial charge >= 0.3 is 0 Å². The molecule has 0 unspecified atom stereocenters. The number of phenols is 1. The highest BCUT2D eigenvalue weighted by atomic mass is 19.1. The maximum absolute atomic E-state index is 14.7. The van der Waals surface area contributed by atoms with Gasteiger partial charge < -0.3 is 20.6 Å². The number of pyridine rings is 1. The third kappa shape index (κ3) is 4.36. The zero-order valence-electron chi connectivity index (χ0n) is 19.3. The minimum absolute atomic E-state index is 0.0999. The predicted molar refractivity (Wildman–Crippen MR) is 132 cm³/mol. The first-order valence-electron chi connectivity index (χ1n) is 10.8. The second-order valence-electron chi connectivity index (χ2n) is 8.44.